The van der Waals surface area contributed by atoms with Crippen LogP contribution in [0.1, 0.15) is 45.4 Å². The second kappa shape index (κ2) is 7.37. The Hall–Kier alpha value is -2.71. The number of urea groups is 1. The average molecular weight is 386 g/mol. The van der Waals surface area contributed by atoms with Crippen LogP contribution >= 0.6 is 0 Å². The summed E-state index contributed by atoms with van der Waals surface area (Å²) in [4.78, 5) is 48.5. The molecule has 4 amide bonds. The van der Waals surface area contributed by atoms with Crippen LogP contribution in [-0.2, 0) is 9.59 Å². The summed E-state index contributed by atoms with van der Waals surface area (Å²) in [5.41, 5.74) is 1.71. The summed E-state index contributed by atoms with van der Waals surface area (Å²) in [7, 11) is 0. The maximum Gasteiger partial charge on any atom is 0.344 e. The molecule has 3 heterocycles. The molecule has 4 rings (SSSR count). The van der Waals surface area contributed by atoms with Crippen LogP contribution < -0.4 is 15.6 Å². The third kappa shape index (κ3) is 3.41. The van der Waals surface area contributed by atoms with Crippen molar-refractivity contribution in [2.24, 2.45) is 11.8 Å². The van der Waals surface area contributed by atoms with Gasteiger partial charge in [0.15, 0.2) is 0 Å². The average Bonchev–Trinajstić information content (AvgIpc) is 2.95. The van der Waals surface area contributed by atoms with Crippen molar-refractivity contribution >= 4 is 23.8 Å². The van der Waals surface area contributed by atoms with Gasteiger partial charge in [-0.15, -0.1) is 0 Å². The highest BCUT2D eigenvalue weighted by molar-refractivity contribution is 6.08. The Balaban J connectivity index is 1.40. The molecule has 1 aromatic rings. The summed E-state index contributed by atoms with van der Waals surface area (Å²) >= 11 is 0. The SMILES string of the molecule is CC1CCC2(CC1)NC(=O)N(NC(=O)C1CCCN(c3ncccn3)C1)C2=O. The first-order chi connectivity index (χ1) is 13.5. The topological polar surface area (TPSA) is 108 Å². The second-order valence-corrected chi connectivity index (χ2v) is 8.15. The van der Waals surface area contributed by atoms with E-state index in [2.05, 4.69) is 27.6 Å². The molecule has 28 heavy (non-hydrogen) atoms. The normalized spacial score (nSPS) is 30.5. The summed E-state index contributed by atoms with van der Waals surface area (Å²) in [6, 6.07) is 1.21. The fourth-order valence-corrected chi connectivity index (χ4v) is 4.34. The van der Waals surface area contributed by atoms with E-state index in [0.29, 0.717) is 37.7 Å². The number of carbonyl (C=O) groups excluding carboxylic acids is 3. The first-order valence-corrected chi connectivity index (χ1v) is 9.98. The minimum Gasteiger partial charge on any atom is -0.340 e. The number of piperidine rings is 1. The maximum absolute atomic E-state index is 12.9. The quantitative estimate of drug-likeness (QED) is 0.757. The molecule has 1 atom stereocenters. The zero-order valence-corrected chi connectivity index (χ0v) is 16.1. The van der Waals surface area contributed by atoms with Gasteiger partial charge >= 0.3 is 6.03 Å². The second-order valence-electron chi connectivity index (χ2n) is 8.15. The Kier molecular flexibility index (Phi) is 4.91. The standard InChI is InChI=1S/C19H26N6O3/c1-13-5-7-19(8-6-13)16(27)25(18(28)22-19)23-15(26)14-4-2-11-24(12-14)17-20-9-3-10-21-17/h3,9-10,13-14H,2,4-8,11-12H2,1H3,(H,22,28)(H,23,26). The third-order valence-corrected chi connectivity index (χ3v) is 6.14. The van der Waals surface area contributed by atoms with E-state index in [9.17, 15) is 14.4 Å². The van der Waals surface area contributed by atoms with Gasteiger partial charge in [-0.05, 0) is 50.5 Å². The van der Waals surface area contributed by atoms with Gasteiger partial charge in [-0.25, -0.2) is 14.8 Å². The van der Waals surface area contributed by atoms with Crippen LogP contribution in [0.2, 0.25) is 0 Å². The minimum atomic E-state index is -0.854. The molecular formula is C19H26N6O3. The van der Waals surface area contributed by atoms with Gasteiger partial charge in [0.1, 0.15) is 5.54 Å². The molecule has 1 unspecified atom stereocenters. The fraction of sp³-hybridized carbons (Fsp3) is 0.632. The molecule has 9 heteroatoms. The molecule has 0 radical (unpaired) electrons. The summed E-state index contributed by atoms with van der Waals surface area (Å²) in [5, 5.41) is 3.71. The number of carbonyl (C=O) groups is 3. The number of amides is 4. The van der Waals surface area contributed by atoms with E-state index in [1.54, 1.807) is 18.5 Å². The molecule has 150 valence electrons. The van der Waals surface area contributed by atoms with E-state index in [1.165, 1.54) is 0 Å². The van der Waals surface area contributed by atoms with Crippen LogP contribution in [0.15, 0.2) is 18.5 Å². The molecule has 3 aliphatic rings. The predicted octanol–water partition coefficient (Wildman–Crippen LogP) is 1.22. The zero-order valence-electron chi connectivity index (χ0n) is 16.1. The Bertz CT molecular complexity index is 762. The summed E-state index contributed by atoms with van der Waals surface area (Å²) in [6.07, 6.45) is 7.87. The van der Waals surface area contributed by atoms with Gasteiger partial charge < -0.3 is 10.2 Å². The van der Waals surface area contributed by atoms with Crippen LogP contribution in [0.5, 0.6) is 0 Å². The van der Waals surface area contributed by atoms with Crippen molar-refractivity contribution < 1.29 is 14.4 Å². The van der Waals surface area contributed by atoms with Crippen LogP contribution in [0.25, 0.3) is 0 Å². The molecule has 1 saturated carbocycles. The first kappa shape index (κ1) is 18.6. The zero-order chi connectivity index (χ0) is 19.7. The summed E-state index contributed by atoms with van der Waals surface area (Å²) in [6.45, 7) is 3.39. The van der Waals surface area contributed by atoms with Crippen molar-refractivity contribution in [3.05, 3.63) is 18.5 Å². The Morgan fingerprint density at radius 1 is 1.21 bits per heavy atom. The van der Waals surface area contributed by atoms with Gasteiger partial charge in [0.25, 0.3) is 5.91 Å². The van der Waals surface area contributed by atoms with Gasteiger partial charge in [-0.3, -0.25) is 15.0 Å². The minimum absolute atomic E-state index is 0.314. The van der Waals surface area contributed by atoms with Crippen LogP contribution in [-0.4, -0.2) is 51.5 Å². The predicted molar refractivity (Wildman–Crippen MR) is 101 cm³/mol. The Labute approximate surface area is 163 Å². The van der Waals surface area contributed by atoms with Crippen molar-refractivity contribution in [2.45, 2.75) is 51.0 Å². The Morgan fingerprint density at radius 2 is 1.93 bits per heavy atom. The highest BCUT2D eigenvalue weighted by atomic mass is 16.2. The fourth-order valence-electron chi connectivity index (χ4n) is 4.34. The first-order valence-electron chi connectivity index (χ1n) is 9.98. The molecule has 9 nitrogen and oxygen atoms in total. The van der Waals surface area contributed by atoms with E-state index < -0.39 is 11.6 Å². The molecule has 1 aromatic heterocycles. The van der Waals surface area contributed by atoms with Gasteiger partial charge in [-0.1, -0.05) is 6.92 Å². The molecular weight excluding hydrogens is 360 g/mol. The van der Waals surface area contributed by atoms with Crippen LogP contribution in [0, 0.1) is 11.8 Å². The molecule has 2 N–H and O–H groups in total. The van der Waals surface area contributed by atoms with Gasteiger partial charge in [0, 0.05) is 25.5 Å². The lowest BCUT2D eigenvalue weighted by Gasteiger charge is -2.34. The number of hydrogen-bond acceptors (Lipinski definition) is 6. The number of anilines is 1. The van der Waals surface area contributed by atoms with Crippen molar-refractivity contribution in [1.82, 2.24) is 25.7 Å². The summed E-state index contributed by atoms with van der Waals surface area (Å²) < 4.78 is 0. The number of rotatable bonds is 3. The van der Waals surface area contributed by atoms with Crippen molar-refractivity contribution in [2.75, 3.05) is 18.0 Å². The largest absolute Gasteiger partial charge is 0.344 e. The van der Waals surface area contributed by atoms with Crippen molar-refractivity contribution in [3.63, 3.8) is 0 Å². The van der Waals surface area contributed by atoms with E-state index in [4.69, 9.17) is 0 Å². The molecule has 3 fully saturated rings. The van der Waals surface area contributed by atoms with Gasteiger partial charge in [0.2, 0.25) is 11.9 Å². The molecule has 2 aliphatic heterocycles. The van der Waals surface area contributed by atoms with E-state index in [0.717, 1.165) is 30.8 Å². The highest BCUT2D eigenvalue weighted by Crippen LogP contribution is 2.36. The highest BCUT2D eigenvalue weighted by Gasteiger charge is 2.53. The van der Waals surface area contributed by atoms with Gasteiger partial charge in [-0.2, -0.15) is 5.01 Å². The molecule has 0 aromatic carbocycles. The number of aromatic nitrogens is 2. The van der Waals surface area contributed by atoms with Crippen molar-refractivity contribution in [3.8, 4) is 0 Å². The lowest BCUT2D eigenvalue weighted by atomic mass is 9.77. The summed E-state index contributed by atoms with van der Waals surface area (Å²) in [5.74, 6) is 0.154. The maximum atomic E-state index is 12.9. The molecule has 2 saturated heterocycles. The molecule has 0 bridgehead atoms. The lowest BCUT2D eigenvalue weighted by Crippen LogP contribution is -2.53. The number of nitrogens with one attached hydrogen (secondary N) is 2. The third-order valence-electron chi connectivity index (χ3n) is 6.14. The van der Waals surface area contributed by atoms with Gasteiger partial charge in [0.05, 0.1) is 5.92 Å². The van der Waals surface area contributed by atoms with E-state index >= 15 is 0 Å². The number of hydrogen-bond donors (Lipinski definition) is 2. The number of nitrogens with zero attached hydrogens (tertiary/aromatic N) is 4. The number of hydrazine groups is 1. The molecule has 1 aliphatic carbocycles. The Morgan fingerprint density at radius 3 is 2.64 bits per heavy atom. The monoisotopic (exact) mass is 386 g/mol. The molecule has 1 spiro atoms. The van der Waals surface area contributed by atoms with Crippen LogP contribution in [0.4, 0.5) is 10.7 Å². The van der Waals surface area contributed by atoms with E-state index in [1.807, 2.05) is 4.90 Å². The van der Waals surface area contributed by atoms with Crippen LogP contribution in [0.3, 0.4) is 0 Å². The lowest BCUT2D eigenvalue weighted by molar-refractivity contribution is -0.141. The number of imide groups is 1. The van der Waals surface area contributed by atoms with Crippen molar-refractivity contribution in [1.29, 1.82) is 0 Å². The smallest absolute Gasteiger partial charge is 0.340 e. The van der Waals surface area contributed by atoms with E-state index in [-0.39, 0.29) is 17.7 Å².